The summed E-state index contributed by atoms with van der Waals surface area (Å²) in [6.07, 6.45) is 7.68. The van der Waals surface area contributed by atoms with Crippen molar-refractivity contribution in [1.82, 2.24) is 15.3 Å². The van der Waals surface area contributed by atoms with Crippen molar-refractivity contribution in [3.05, 3.63) is 63.7 Å². The summed E-state index contributed by atoms with van der Waals surface area (Å²) in [5, 5.41) is 2.88. The van der Waals surface area contributed by atoms with Gasteiger partial charge in [0, 0.05) is 47.3 Å². The minimum Gasteiger partial charge on any atom is -0.350 e. The van der Waals surface area contributed by atoms with Crippen LogP contribution in [0.25, 0.3) is 5.57 Å². The van der Waals surface area contributed by atoms with E-state index in [-0.39, 0.29) is 22.5 Å². The van der Waals surface area contributed by atoms with E-state index >= 15 is 0 Å². The maximum Gasteiger partial charge on any atom is 0.251 e. The van der Waals surface area contributed by atoms with Gasteiger partial charge in [0.15, 0.2) is 14.9 Å². The summed E-state index contributed by atoms with van der Waals surface area (Å²) < 4.78 is 23.4. The standard InChI is InChI=1S/C20H21N3O4S/c1-28(26,27)19-9-4-13(11-21-19)16(10-14-5-8-18(24)22-14)17-7-6-15(12-2-3-12)20(25)23-17/h4,6-7,9-12,14H,2-3,5,8H2,1H3,(H,22,24)(H,23,25)/t14-/m1/s1. The molecule has 1 aliphatic carbocycles. The van der Waals surface area contributed by atoms with E-state index in [0.717, 1.165) is 24.7 Å². The molecule has 1 aliphatic heterocycles. The van der Waals surface area contributed by atoms with E-state index in [4.69, 9.17) is 0 Å². The lowest BCUT2D eigenvalue weighted by atomic mass is 9.99. The zero-order valence-corrected chi connectivity index (χ0v) is 16.3. The molecule has 2 aromatic heterocycles. The quantitative estimate of drug-likeness (QED) is 0.796. The fourth-order valence-electron chi connectivity index (χ4n) is 3.42. The van der Waals surface area contributed by atoms with Gasteiger partial charge in [-0.3, -0.25) is 9.59 Å². The molecule has 8 heteroatoms. The van der Waals surface area contributed by atoms with Crippen LogP contribution in [0.1, 0.15) is 48.4 Å². The number of nitrogens with zero attached hydrogens (tertiary/aromatic N) is 1. The lowest BCUT2D eigenvalue weighted by Crippen LogP contribution is -2.23. The summed E-state index contributed by atoms with van der Waals surface area (Å²) in [5.74, 6) is 0.332. The Bertz CT molecular complexity index is 1110. The fourth-order valence-corrected chi connectivity index (χ4v) is 3.98. The van der Waals surface area contributed by atoms with E-state index in [9.17, 15) is 18.0 Å². The summed E-state index contributed by atoms with van der Waals surface area (Å²) >= 11 is 0. The van der Waals surface area contributed by atoms with E-state index in [1.807, 2.05) is 18.2 Å². The molecule has 28 heavy (non-hydrogen) atoms. The topological polar surface area (TPSA) is 109 Å². The Labute approximate surface area is 162 Å². The summed E-state index contributed by atoms with van der Waals surface area (Å²) in [4.78, 5) is 31.1. The molecule has 2 aliphatic rings. The Hall–Kier alpha value is -2.74. The molecule has 1 saturated heterocycles. The lowest BCUT2D eigenvalue weighted by Gasteiger charge is -2.13. The first kappa shape index (κ1) is 18.6. The van der Waals surface area contributed by atoms with Crippen molar-refractivity contribution < 1.29 is 13.2 Å². The second kappa shape index (κ2) is 7.01. The molecule has 2 aromatic rings. The van der Waals surface area contributed by atoms with Gasteiger partial charge in [0.2, 0.25) is 5.91 Å². The maximum absolute atomic E-state index is 12.5. The molecule has 2 N–H and O–H groups in total. The molecule has 4 rings (SSSR count). The van der Waals surface area contributed by atoms with E-state index < -0.39 is 9.84 Å². The van der Waals surface area contributed by atoms with Gasteiger partial charge in [-0.15, -0.1) is 0 Å². The maximum atomic E-state index is 12.5. The average molecular weight is 399 g/mol. The number of rotatable bonds is 5. The summed E-state index contributed by atoms with van der Waals surface area (Å²) in [5.41, 5.74) is 2.68. The third-order valence-electron chi connectivity index (χ3n) is 5.07. The number of carbonyl (C=O) groups excluding carboxylic acids is 1. The predicted molar refractivity (Wildman–Crippen MR) is 105 cm³/mol. The van der Waals surface area contributed by atoms with Gasteiger partial charge in [-0.05, 0) is 43.4 Å². The second-order valence-corrected chi connectivity index (χ2v) is 9.34. The van der Waals surface area contributed by atoms with E-state index in [2.05, 4.69) is 15.3 Å². The van der Waals surface area contributed by atoms with Crippen molar-refractivity contribution in [2.24, 2.45) is 0 Å². The summed E-state index contributed by atoms with van der Waals surface area (Å²) in [6.45, 7) is 0. The van der Waals surface area contributed by atoms with Crippen LogP contribution in [0.2, 0.25) is 0 Å². The number of aromatic amines is 1. The molecule has 2 fully saturated rings. The molecule has 1 amide bonds. The normalized spacial score (nSPS) is 20.2. The molecule has 0 radical (unpaired) electrons. The Morgan fingerprint density at radius 1 is 1.14 bits per heavy atom. The molecule has 1 saturated carbocycles. The minimum atomic E-state index is -3.40. The van der Waals surface area contributed by atoms with Gasteiger partial charge >= 0.3 is 0 Å². The van der Waals surface area contributed by atoms with Crippen LogP contribution < -0.4 is 10.9 Å². The van der Waals surface area contributed by atoms with Crippen LogP contribution in [-0.4, -0.2) is 36.6 Å². The molecule has 7 nitrogen and oxygen atoms in total. The Kier molecular flexibility index (Phi) is 4.66. The third kappa shape index (κ3) is 3.91. The number of hydrogen-bond acceptors (Lipinski definition) is 5. The number of sulfone groups is 1. The highest BCUT2D eigenvalue weighted by atomic mass is 32.2. The summed E-state index contributed by atoms with van der Waals surface area (Å²) in [7, 11) is -3.40. The first-order valence-electron chi connectivity index (χ1n) is 9.22. The average Bonchev–Trinajstić information content (AvgIpc) is 3.40. The van der Waals surface area contributed by atoms with Crippen molar-refractivity contribution in [1.29, 1.82) is 0 Å². The first-order valence-corrected chi connectivity index (χ1v) is 11.1. The van der Waals surface area contributed by atoms with E-state index in [1.165, 1.54) is 12.3 Å². The number of H-pyrrole nitrogens is 1. The highest BCUT2D eigenvalue weighted by Crippen LogP contribution is 2.38. The number of hydrogen-bond donors (Lipinski definition) is 2. The van der Waals surface area contributed by atoms with E-state index in [0.29, 0.717) is 35.6 Å². The molecule has 0 unspecified atom stereocenters. The lowest BCUT2D eigenvalue weighted by molar-refractivity contribution is -0.119. The third-order valence-corrected chi connectivity index (χ3v) is 6.07. The van der Waals surface area contributed by atoms with Crippen molar-refractivity contribution in [2.45, 2.75) is 42.7 Å². The smallest absolute Gasteiger partial charge is 0.251 e. The van der Waals surface area contributed by atoms with Gasteiger partial charge in [-0.2, -0.15) is 0 Å². The number of amides is 1. The van der Waals surface area contributed by atoms with E-state index in [1.54, 1.807) is 6.07 Å². The number of carbonyl (C=O) groups is 1. The molecular formula is C20H21N3O4S. The van der Waals surface area contributed by atoms with Gasteiger partial charge in [-0.25, -0.2) is 13.4 Å². The number of aromatic nitrogens is 2. The van der Waals surface area contributed by atoms with Gasteiger partial charge in [-0.1, -0.05) is 12.1 Å². The zero-order valence-electron chi connectivity index (χ0n) is 15.4. The van der Waals surface area contributed by atoms with Crippen LogP contribution in [0, 0.1) is 0 Å². The van der Waals surface area contributed by atoms with Crippen LogP contribution in [0.3, 0.4) is 0 Å². The van der Waals surface area contributed by atoms with Crippen molar-refractivity contribution in [3.63, 3.8) is 0 Å². The monoisotopic (exact) mass is 399 g/mol. The molecule has 0 aromatic carbocycles. The first-order chi connectivity index (χ1) is 13.3. The van der Waals surface area contributed by atoms with Crippen molar-refractivity contribution in [2.75, 3.05) is 6.26 Å². The van der Waals surface area contributed by atoms with Crippen molar-refractivity contribution >= 4 is 21.3 Å². The predicted octanol–water partition coefficient (Wildman–Crippen LogP) is 1.76. The zero-order chi connectivity index (χ0) is 19.9. The van der Waals surface area contributed by atoms with Gasteiger partial charge in [0.05, 0.1) is 0 Å². The van der Waals surface area contributed by atoms with Crippen LogP contribution in [0.15, 0.2) is 46.4 Å². The van der Waals surface area contributed by atoms with Crippen LogP contribution >= 0.6 is 0 Å². The van der Waals surface area contributed by atoms with Crippen LogP contribution in [0.5, 0.6) is 0 Å². The molecule has 1 atom stereocenters. The largest absolute Gasteiger partial charge is 0.350 e. The molecule has 146 valence electrons. The van der Waals surface area contributed by atoms with Crippen molar-refractivity contribution in [3.8, 4) is 0 Å². The highest BCUT2D eigenvalue weighted by Gasteiger charge is 2.27. The molecule has 3 heterocycles. The second-order valence-electron chi connectivity index (χ2n) is 7.38. The Morgan fingerprint density at radius 3 is 2.46 bits per heavy atom. The number of pyridine rings is 2. The molecular weight excluding hydrogens is 378 g/mol. The number of nitrogens with one attached hydrogen (secondary N) is 2. The summed E-state index contributed by atoms with van der Waals surface area (Å²) in [6, 6.07) is 6.68. The fraction of sp³-hybridized carbons (Fsp3) is 0.350. The van der Waals surface area contributed by atoms with Gasteiger partial charge in [0.1, 0.15) is 0 Å². The molecule has 0 bridgehead atoms. The van der Waals surface area contributed by atoms with Gasteiger partial charge in [0.25, 0.3) is 5.56 Å². The van der Waals surface area contributed by atoms with Crippen LogP contribution in [0.4, 0.5) is 0 Å². The Morgan fingerprint density at radius 2 is 1.93 bits per heavy atom. The van der Waals surface area contributed by atoms with Crippen LogP contribution in [-0.2, 0) is 14.6 Å². The SMILES string of the molecule is CS(=O)(=O)c1ccc(C(=C[C@H]2CCC(=O)N2)c2ccc(C3CC3)c(=O)[nH]2)cn1. The highest BCUT2D eigenvalue weighted by molar-refractivity contribution is 7.90. The van der Waals surface area contributed by atoms with Gasteiger partial charge < -0.3 is 10.3 Å². The molecule has 0 spiro atoms. The Balaban J connectivity index is 1.76. The minimum absolute atomic E-state index is 0.0104.